The van der Waals surface area contributed by atoms with E-state index in [1.807, 2.05) is 232 Å². The second-order valence-corrected chi connectivity index (χ2v) is 32.8. The van der Waals surface area contributed by atoms with E-state index in [0.717, 1.165) is 130 Å². The molecule has 1 saturated heterocycles. The number of aliphatic imine (C=N–C) groups is 2. The first-order valence-electron chi connectivity index (χ1n) is 42.5. The molecule has 18 rings (SSSR count). The molecule has 16 aromatic rings. The molecule has 23 heteroatoms. The number of benzene rings is 10. The molecule has 0 spiro atoms. The summed E-state index contributed by atoms with van der Waals surface area (Å²) in [6.45, 7) is 12.9. The highest BCUT2D eigenvalue weighted by atomic mass is 35.5. The highest BCUT2D eigenvalue weighted by Crippen LogP contribution is 2.34. The SMILES string of the molecule is CC(Cl)c1cccc2ncccc12.CC(c1cccc2ncccc12)C(N)C#N.CC(c1cccc2ncccc12)C(N)CN.CC(c1cccc2ncccc12)C1CNC(=S)N1.COc1ccc(CCl)cc1.COc1ccc(CSC2=NCC(C(C)c3cccc4ncccc34)N2)cc1.N#CCN=C(c1ccccc1)c1ccccc1.O=Cc1cccc2ncccc12. The van der Waals surface area contributed by atoms with Gasteiger partial charge in [0.05, 0.1) is 95.2 Å². The van der Waals surface area contributed by atoms with Crippen molar-refractivity contribution in [1.29, 1.82) is 10.5 Å². The zero-order chi connectivity index (χ0) is 91.2. The molecule has 0 radical (unpaired) electrons. The Morgan fingerprint density at radius 3 is 1.29 bits per heavy atom. The van der Waals surface area contributed by atoms with E-state index in [1.165, 1.54) is 38.4 Å². The second kappa shape index (κ2) is 50.2. The van der Waals surface area contributed by atoms with Gasteiger partial charge in [0.2, 0.25) is 0 Å². The van der Waals surface area contributed by atoms with Crippen LogP contribution in [-0.2, 0) is 11.6 Å². The Bertz CT molecular complexity index is 6350. The summed E-state index contributed by atoms with van der Waals surface area (Å²) in [5.74, 6) is 4.23. The molecule has 0 amide bonds. The molecule has 10 aromatic carbocycles. The number of amidine groups is 1. The fraction of sp³-hybridized carbons (Fsp3) is 0.208. The summed E-state index contributed by atoms with van der Waals surface area (Å²) < 4.78 is 10.2. The van der Waals surface area contributed by atoms with E-state index < -0.39 is 6.04 Å². The van der Waals surface area contributed by atoms with Crippen LogP contribution in [0.15, 0.2) is 338 Å². The number of thiocarbonyl (C=S) groups is 1. The number of alkyl halides is 2. The molecule has 0 bridgehead atoms. The lowest BCUT2D eigenvalue weighted by atomic mass is 9.91. The number of nitrogens with one attached hydrogen (secondary N) is 3. The third-order valence-corrected chi connectivity index (χ3v) is 24.0. The van der Waals surface area contributed by atoms with Gasteiger partial charge < -0.3 is 42.6 Å². The van der Waals surface area contributed by atoms with E-state index in [9.17, 15) is 4.79 Å². The van der Waals surface area contributed by atoms with Crippen LogP contribution in [0.1, 0.15) is 124 Å². The summed E-state index contributed by atoms with van der Waals surface area (Å²) in [4.78, 5) is 45.6. The molecule has 654 valence electrons. The first-order valence-corrected chi connectivity index (χ1v) is 44.9. The third-order valence-electron chi connectivity index (χ3n) is 22.2. The topological polar surface area (TPSA) is 299 Å². The van der Waals surface area contributed by atoms with Crippen LogP contribution >= 0.6 is 47.2 Å². The number of rotatable bonds is 19. The number of thioether (sulfide) groups is 1. The summed E-state index contributed by atoms with van der Waals surface area (Å²) in [5.41, 5.74) is 35.4. The average Bonchev–Trinajstić information content (AvgIpc) is 1.76. The van der Waals surface area contributed by atoms with Crippen LogP contribution in [0.5, 0.6) is 11.5 Å². The number of fused-ring (bicyclic) bond motifs is 6. The van der Waals surface area contributed by atoms with Gasteiger partial charge in [-0.25, -0.2) is 0 Å². The smallest absolute Gasteiger partial charge is 0.166 e. The van der Waals surface area contributed by atoms with Gasteiger partial charge in [0.1, 0.15) is 18.0 Å². The minimum atomic E-state index is -0.481. The predicted octanol–water partition coefficient (Wildman–Crippen LogP) is 21.7. The number of hydrogen-bond acceptors (Lipinski definition) is 19. The summed E-state index contributed by atoms with van der Waals surface area (Å²) in [6, 6.07) is 100. The van der Waals surface area contributed by atoms with Gasteiger partial charge in [-0.1, -0.05) is 234 Å². The van der Waals surface area contributed by atoms with Crippen LogP contribution in [0.3, 0.4) is 0 Å². The molecule has 9 unspecified atom stereocenters. The van der Waals surface area contributed by atoms with Gasteiger partial charge in [-0.3, -0.25) is 44.7 Å². The van der Waals surface area contributed by atoms with Crippen LogP contribution in [0, 0.1) is 22.7 Å². The van der Waals surface area contributed by atoms with Crippen molar-refractivity contribution in [2.75, 3.05) is 40.4 Å². The Balaban J connectivity index is 0.000000145. The van der Waals surface area contributed by atoms with Gasteiger partial charge in [0.25, 0.3) is 0 Å². The number of carbonyl (C=O) groups is 1. The lowest BCUT2D eigenvalue weighted by molar-refractivity contribution is 0.112. The van der Waals surface area contributed by atoms with Gasteiger partial charge >= 0.3 is 0 Å². The molecular weight excluding hydrogens is 1680 g/mol. The standard InChI is InChI=1S/C22H23N3OS.C15H12N2.C14H15N3S.C13H17N3.C13H13N3.C11H10ClN.C10H7NO.C8H9ClO/c1-15(18-5-3-7-20-19(18)6-4-12-23-20)21-13-24-22(25-21)27-14-16-8-10-17(26-2)11-9-16;16-11-12-17-15(13-7-3-1-4-8-13)14-9-5-2-6-10-14;1-9(13-8-16-14(18)17-13)10-4-2-6-12-11(10)5-3-7-15-12;2*1-9(12(15)8-14)10-4-2-6-13-11(10)5-3-7-16-13;1-8(12)9-4-2-6-11-10(9)5-3-7-13-11;12-7-8-3-1-5-10-9(8)4-2-6-11-10;1-10-8-4-2-7(6-9)3-5-8/h3-12,15,21H,13-14H2,1-2H3,(H,24,25);1-10H,12H2;2-7,9,13H,8H2,1H3,(H2,16,17,18);2-7,9,12H,8,14-15H2,1H3;2-7,9,12H,15H2,1H3;2-8H,1H3;1-7H;2-5H,6H2,1H3. The number of carbonyl (C=O) groups excluding carboxylic acids is 1. The fourth-order valence-corrected chi connectivity index (χ4v) is 16.3. The van der Waals surface area contributed by atoms with E-state index >= 15 is 0 Å². The molecular formula is C106H106Cl2N16O3S2. The van der Waals surface area contributed by atoms with E-state index in [-0.39, 0.29) is 29.8 Å². The Labute approximate surface area is 774 Å². The molecule has 8 heterocycles. The Kier molecular flexibility index (Phi) is 37.4. The first-order chi connectivity index (χ1) is 62.9. The van der Waals surface area contributed by atoms with Gasteiger partial charge in [0, 0.05) is 135 Å². The lowest BCUT2D eigenvalue weighted by Gasteiger charge is -2.21. The molecule has 0 aliphatic carbocycles. The quantitative estimate of drug-likeness (QED) is 0.0144. The summed E-state index contributed by atoms with van der Waals surface area (Å²) in [6.07, 6.45) is 11.6. The maximum atomic E-state index is 10.6. The molecule has 129 heavy (non-hydrogen) atoms. The Hall–Kier alpha value is -13.5. The number of hydrogen-bond donors (Lipinski definition) is 6. The van der Waals surface area contributed by atoms with Gasteiger partial charge in [-0.2, -0.15) is 10.5 Å². The number of nitrogens with two attached hydrogens (primary N) is 3. The first kappa shape index (κ1) is 96.2. The monoisotopic (exact) mass is 1780 g/mol. The highest BCUT2D eigenvalue weighted by Gasteiger charge is 2.28. The number of aldehydes is 1. The van der Waals surface area contributed by atoms with Crippen molar-refractivity contribution in [2.24, 2.45) is 27.2 Å². The molecule has 19 nitrogen and oxygen atoms in total. The minimum absolute atomic E-state index is 0.00851. The van der Waals surface area contributed by atoms with Crippen molar-refractivity contribution < 1.29 is 14.3 Å². The number of ether oxygens (including phenoxy) is 2. The van der Waals surface area contributed by atoms with Crippen molar-refractivity contribution >= 4 is 135 Å². The number of nitrogens with zero attached hydrogens (tertiary/aromatic N) is 10. The number of nitriles is 2. The van der Waals surface area contributed by atoms with Gasteiger partial charge in [0.15, 0.2) is 16.6 Å². The van der Waals surface area contributed by atoms with Gasteiger partial charge in [-0.05, 0) is 161 Å². The maximum absolute atomic E-state index is 10.6. The zero-order valence-corrected chi connectivity index (χ0v) is 76.3. The molecule has 9 atom stereocenters. The number of halogens is 2. The van der Waals surface area contributed by atoms with Gasteiger partial charge in [-0.15, -0.1) is 23.2 Å². The van der Waals surface area contributed by atoms with Crippen LogP contribution < -0.4 is 42.6 Å². The van der Waals surface area contributed by atoms with Crippen molar-refractivity contribution in [2.45, 2.75) is 99.5 Å². The van der Waals surface area contributed by atoms with Crippen LogP contribution in [0.4, 0.5) is 0 Å². The predicted molar refractivity (Wildman–Crippen MR) is 537 cm³/mol. The third kappa shape index (κ3) is 27.1. The Morgan fingerprint density at radius 2 is 0.891 bits per heavy atom. The molecule has 9 N–H and O–H groups in total. The van der Waals surface area contributed by atoms with E-state index in [0.29, 0.717) is 41.9 Å². The zero-order valence-electron chi connectivity index (χ0n) is 73.2. The Morgan fingerprint density at radius 1 is 0.496 bits per heavy atom. The molecule has 2 aliphatic rings. The second-order valence-electron chi connectivity index (χ2n) is 30.5. The maximum Gasteiger partial charge on any atom is 0.166 e. The largest absolute Gasteiger partial charge is 0.497 e. The summed E-state index contributed by atoms with van der Waals surface area (Å²) in [7, 11) is 3.34. The van der Waals surface area contributed by atoms with Crippen LogP contribution in [0.2, 0.25) is 0 Å². The van der Waals surface area contributed by atoms with Crippen molar-refractivity contribution in [1.82, 2.24) is 45.9 Å². The molecule has 1 fully saturated rings. The summed E-state index contributed by atoms with van der Waals surface area (Å²) >= 11 is 18.5. The molecule has 6 aromatic heterocycles. The van der Waals surface area contributed by atoms with E-state index in [2.05, 4.69) is 163 Å². The van der Waals surface area contributed by atoms with E-state index in [1.54, 1.807) is 56.8 Å². The van der Waals surface area contributed by atoms with Crippen LogP contribution in [0.25, 0.3) is 65.4 Å². The average molecular weight is 1790 g/mol. The molecule has 2 aliphatic heterocycles. The van der Waals surface area contributed by atoms with Crippen molar-refractivity contribution in [3.8, 4) is 23.6 Å². The van der Waals surface area contributed by atoms with Crippen molar-refractivity contribution in [3.63, 3.8) is 0 Å². The lowest BCUT2D eigenvalue weighted by Crippen LogP contribution is -2.34. The fourth-order valence-electron chi connectivity index (χ4n) is 14.8. The van der Waals surface area contributed by atoms with Crippen molar-refractivity contribution in [3.05, 3.63) is 384 Å². The summed E-state index contributed by atoms with van der Waals surface area (Å²) in [5, 5.41) is 36.2. The number of methoxy groups -OCH3 is 2. The highest BCUT2D eigenvalue weighted by molar-refractivity contribution is 8.13. The van der Waals surface area contributed by atoms with E-state index in [4.69, 9.17) is 77.6 Å². The minimum Gasteiger partial charge on any atom is -0.497 e. The van der Waals surface area contributed by atoms with Crippen LogP contribution in [-0.4, -0.2) is 117 Å². The normalized spacial score (nSPS) is 14.3. The number of aromatic nitrogens is 6. The number of pyridine rings is 6. The molecule has 0 saturated carbocycles.